The van der Waals surface area contributed by atoms with Crippen molar-refractivity contribution in [2.45, 2.75) is 19.8 Å². The molecule has 0 saturated heterocycles. The zero-order valence-electron chi connectivity index (χ0n) is 15.0. The van der Waals surface area contributed by atoms with Gasteiger partial charge in [-0.25, -0.2) is 0 Å². The van der Waals surface area contributed by atoms with Gasteiger partial charge in [0.2, 0.25) is 0 Å². The number of amides is 1. The highest BCUT2D eigenvalue weighted by Crippen LogP contribution is 2.28. The van der Waals surface area contributed by atoms with Crippen LogP contribution in [0.5, 0.6) is 11.5 Å². The van der Waals surface area contributed by atoms with Crippen LogP contribution in [-0.4, -0.2) is 26.2 Å². The fourth-order valence-electron chi connectivity index (χ4n) is 2.46. The van der Waals surface area contributed by atoms with E-state index in [0.717, 1.165) is 5.56 Å². The van der Waals surface area contributed by atoms with Crippen molar-refractivity contribution in [3.05, 3.63) is 65.7 Å². The summed E-state index contributed by atoms with van der Waals surface area (Å²) in [4.78, 5) is 12.0. The number of allylic oxidation sites excluding steroid dienone is 1. The average molecular weight is 339 g/mol. The molecule has 2 aromatic carbocycles. The lowest BCUT2D eigenvalue weighted by atomic mass is 10.0. The molecule has 132 valence electrons. The summed E-state index contributed by atoms with van der Waals surface area (Å²) in [5, 5.41) is 2.90. The summed E-state index contributed by atoms with van der Waals surface area (Å²) >= 11 is 0. The number of ether oxygens (including phenoxy) is 2. The van der Waals surface area contributed by atoms with Crippen molar-refractivity contribution in [2.24, 2.45) is 0 Å². The van der Waals surface area contributed by atoms with Crippen molar-refractivity contribution in [1.29, 1.82) is 0 Å². The Morgan fingerprint density at radius 1 is 1.16 bits per heavy atom. The third-order valence-corrected chi connectivity index (χ3v) is 3.88. The van der Waals surface area contributed by atoms with E-state index in [1.165, 1.54) is 5.56 Å². The number of hydrogen-bond donors (Lipinski definition) is 1. The monoisotopic (exact) mass is 339 g/mol. The number of methoxy groups -OCH3 is 1. The highest BCUT2D eigenvalue weighted by Gasteiger charge is 2.10. The Morgan fingerprint density at radius 3 is 2.60 bits per heavy atom. The summed E-state index contributed by atoms with van der Waals surface area (Å²) in [5.41, 5.74) is 2.22. The molecule has 2 aromatic rings. The Bertz CT molecular complexity index is 710. The Hall–Kier alpha value is -2.75. The zero-order valence-corrected chi connectivity index (χ0v) is 15.0. The van der Waals surface area contributed by atoms with Gasteiger partial charge < -0.3 is 14.8 Å². The smallest absolute Gasteiger partial charge is 0.257 e. The van der Waals surface area contributed by atoms with Crippen LogP contribution in [0.4, 0.5) is 0 Å². The van der Waals surface area contributed by atoms with E-state index in [1.54, 1.807) is 7.11 Å². The van der Waals surface area contributed by atoms with E-state index < -0.39 is 0 Å². The summed E-state index contributed by atoms with van der Waals surface area (Å²) in [7, 11) is 1.59. The third-order valence-electron chi connectivity index (χ3n) is 3.88. The second-order valence-electron chi connectivity index (χ2n) is 5.81. The number of carbonyl (C=O) groups is 1. The zero-order chi connectivity index (χ0) is 18.1. The van der Waals surface area contributed by atoms with E-state index >= 15 is 0 Å². The van der Waals surface area contributed by atoms with Crippen LogP contribution >= 0.6 is 0 Å². The first kappa shape index (κ1) is 18.6. The molecule has 0 spiro atoms. The number of hydrogen-bond acceptors (Lipinski definition) is 3. The summed E-state index contributed by atoms with van der Waals surface area (Å²) in [6, 6.07) is 15.7. The molecule has 4 nitrogen and oxygen atoms in total. The van der Waals surface area contributed by atoms with Crippen molar-refractivity contribution >= 4 is 12.0 Å². The highest BCUT2D eigenvalue weighted by molar-refractivity contribution is 5.77. The van der Waals surface area contributed by atoms with Crippen molar-refractivity contribution < 1.29 is 14.3 Å². The van der Waals surface area contributed by atoms with E-state index in [1.807, 2.05) is 55.5 Å². The molecule has 0 bridgehead atoms. The minimum absolute atomic E-state index is 0.0408. The van der Waals surface area contributed by atoms with Crippen molar-refractivity contribution in [3.8, 4) is 11.5 Å². The topological polar surface area (TPSA) is 47.6 Å². The molecular formula is C21H25NO3. The van der Waals surface area contributed by atoms with Crippen LogP contribution < -0.4 is 14.8 Å². The minimum atomic E-state index is -0.151. The summed E-state index contributed by atoms with van der Waals surface area (Å²) in [6.45, 7) is 4.57. The second kappa shape index (κ2) is 9.52. The summed E-state index contributed by atoms with van der Waals surface area (Å²) in [5.74, 6) is 1.27. The summed E-state index contributed by atoms with van der Waals surface area (Å²) < 4.78 is 10.9. The Balaban J connectivity index is 1.85. The molecule has 1 amide bonds. The van der Waals surface area contributed by atoms with E-state index in [2.05, 4.69) is 24.4 Å². The van der Waals surface area contributed by atoms with E-state index in [0.29, 0.717) is 18.0 Å². The average Bonchev–Trinajstić information content (AvgIpc) is 2.65. The van der Waals surface area contributed by atoms with Gasteiger partial charge >= 0.3 is 0 Å². The normalized spacial score (nSPS) is 12.0. The molecule has 4 heteroatoms. The van der Waals surface area contributed by atoms with Crippen LogP contribution in [-0.2, 0) is 4.79 Å². The molecule has 0 aliphatic carbocycles. The molecule has 0 heterocycles. The molecular weight excluding hydrogens is 314 g/mol. The molecule has 1 atom stereocenters. The molecule has 0 aromatic heterocycles. The first-order valence-electron chi connectivity index (χ1n) is 8.39. The lowest BCUT2D eigenvalue weighted by molar-refractivity contribution is -0.123. The van der Waals surface area contributed by atoms with Crippen molar-refractivity contribution in [1.82, 2.24) is 5.32 Å². The second-order valence-corrected chi connectivity index (χ2v) is 5.81. The standard InChI is InChI=1S/C21H25NO3/c1-4-8-17-11-12-19(20(13-17)24-3)25-15-21(23)22-14-16(2)18-9-6-5-7-10-18/h4-13,16H,14-15H2,1-3H3,(H,22,23)/b8-4+. The predicted molar refractivity (Wildman–Crippen MR) is 101 cm³/mol. The van der Waals surface area contributed by atoms with Crippen LogP contribution in [0.3, 0.4) is 0 Å². The van der Waals surface area contributed by atoms with Gasteiger partial charge in [-0.2, -0.15) is 0 Å². The maximum atomic E-state index is 12.0. The Labute approximate surface area is 149 Å². The van der Waals surface area contributed by atoms with E-state index in [-0.39, 0.29) is 18.4 Å². The minimum Gasteiger partial charge on any atom is -0.493 e. The van der Waals surface area contributed by atoms with Gasteiger partial charge in [0.1, 0.15) is 0 Å². The molecule has 2 rings (SSSR count). The van der Waals surface area contributed by atoms with Crippen LogP contribution in [0.15, 0.2) is 54.6 Å². The first-order valence-corrected chi connectivity index (χ1v) is 8.39. The Morgan fingerprint density at radius 2 is 1.92 bits per heavy atom. The maximum absolute atomic E-state index is 12.0. The third kappa shape index (κ3) is 5.68. The van der Waals surface area contributed by atoms with E-state index in [9.17, 15) is 4.79 Å². The quantitative estimate of drug-likeness (QED) is 0.790. The van der Waals surface area contributed by atoms with Crippen molar-refractivity contribution in [2.75, 3.05) is 20.3 Å². The van der Waals surface area contributed by atoms with Gasteiger partial charge in [0.15, 0.2) is 18.1 Å². The van der Waals surface area contributed by atoms with Crippen molar-refractivity contribution in [3.63, 3.8) is 0 Å². The van der Waals surface area contributed by atoms with Gasteiger partial charge in [0.25, 0.3) is 5.91 Å². The molecule has 1 N–H and O–H groups in total. The van der Waals surface area contributed by atoms with Gasteiger partial charge in [-0.3, -0.25) is 4.79 Å². The SMILES string of the molecule is C/C=C/c1ccc(OCC(=O)NCC(C)c2ccccc2)c(OC)c1. The molecule has 0 aliphatic heterocycles. The Kier molecular flexibility index (Phi) is 7.08. The molecule has 0 aliphatic rings. The van der Waals surface area contributed by atoms with Crippen LogP contribution in [0.25, 0.3) is 6.08 Å². The number of rotatable bonds is 8. The number of nitrogens with one attached hydrogen (secondary N) is 1. The van der Waals surface area contributed by atoms with Crippen LogP contribution in [0.1, 0.15) is 30.9 Å². The maximum Gasteiger partial charge on any atom is 0.257 e. The van der Waals surface area contributed by atoms with E-state index in [4.69, 9.17) is 9.47 Å². The predicted octanol–water partition coefficient (Wildman–Crippen LogP) is 4.03. The molecule has 1 unspecified atom stereocenters. The highest BCUT2D eigenvalue weighted by atomic mass is 16.5. The summed E-state index contributed by atoms with van der Waals surface area (Å²) in [6.07, 6.45) is 3.93. The van der Waals surface area contributed by atoms with Gasteiger partial charge in [0, 0.05) is 6.54 Å². The lowest BCUT2D eigenvalue weighted by Gasteiger charge is -2.14. The lowest BCUT2D eigenvalue weighted by Crippen LogP contribution is -2.31. The number of benzene rings is 2. The fourth-order valence-corrected chi connectivity index (χ4v) is 2.46. The van der Waals surface area contributed by atoms with Gasteiger partial charge in [-0.15, -0.1) is 0 Å². The molecule has 0 saturated carbocycles. The fraction of sp³-hybridized carbons (Fsp3) is 0.286. The molecule has 0 fully saturated rings. The van der Waals surface area contributed by atoms with Gasteiger partial charge in [-0.1, -0.05) is 55.5 Å². The first-order chi connectivity index (χ1) is 12.1. The largest absolute Gasteiger partial charge is 0.493 e. The number of carbonyl (C=O) groups excluding carboxylic acids is 1. The van der Waals surface area contributed by atoms with Gasteiger partial charge in [0.05, 0.1) is 7.11 Å². The van der Waals surface area contributed by atoms with Crippen LogP contribution in [0, 0.1) is 0 Å². The van der Waals surface area contributed by atoms with Gasteiger partial charge in [-0.05, 0) is 36.1 Å². The van der Waals surface area contributed by atoms with Crippen LogP contribution in [0.2, 0.25) is 0 Å². The molecule has 25 heavy (non-hydrogen) atoms. The molecule has 0 radical (unpaired) electrons.